The molecule has 0 fully saturated rings. The summed E-state index contributed by atoms with van der Waals surface area (Å²) in [5.41, 5.74) is 4.76. The Morgan fingerprint density at radius 2 is 1.71 bits per heavy atom. The molecule has 0 aliphatic rings. The molecule has 0 saturated carbocycles. The molecule has 1 heterocycles. The van der Waals surface area contributed by atoms with Gasteiger partial charge in [0.15, 0.2) is 5.69 Å². The van der Waals surface area contributed by atoms with E-state index in [0.717, 1.165) is 4.68 Å². The lowest BCUT2D eigenvalue weighted by atomic mass is 10.3. The van der Waals surface area contributed by atoms with Crippen molar-refractivity contribution in [1.82, 2.24) is 9.78 Å². The number of anilines is 1. The highest BCUT2D eigenvalue weighted by atomic mass is 31.2. The Morgan fingerprint density at radius 1 is 1.17 bits per heavy atom. The molecule has 132 valence electrons. The van der Waals surface area contributed by atoms with Crippen molar-refractivity contribution in [2.45, 2.75) is 20.0 Å². The number of para-hydroxylation sites is 1. The molecule has 2 rings (SSSR count). The Bertz CT molecular complexity index is 737. The molecule has 0 aliphatic carbocycles. The van der Waals surface area contributed by atoms with Crippen molar-refractivity contribution in [1.29, 1.82) is 0 Å². The third kappa shape index (κ3) is 3.48. The van der Waals surface area contributed by atoms with E-state index >= 15 is 0 Å². The van der Waals surface area contributed by atoms with Gasteiger partial charge in [0.2, 0.25) is 0 Å². The molecule has 0 aliphatic heterocycles. The first kappa shape index (κ1) is 18.5. The van der Waals surface area contributed by atoms with Crippen LogP contribution in [0.15, 0.2) is 30.3 Å². The van der Waals surface area contributed by atoms with Gasteiger partial charge >= 0.3 is 13.8 Å². The monoisotopic (exact) mass is 363 g/mol. The molecule has 0 amide bonds. The molecule has 0 unspecified atom stereocenters. The number of hydrogen-bond acceptors (Lipinski definition) is 5. The molecule has 1 aromatic carbocycles. The molecule has 2 aromatic rings. The SMILES string of the molecule is CCOP(=O)(OCC)c1c(C(F)(F)F)nn(-c2ccccc2)c1N. The van der Waals surface area contributed by atoms with Crippen LogP contribution in [0.1, 0.15) is 19.5 Å². The minimum atomic E-state index is -4.87. The second kappa shape index (κ2) is 6.96. The maximum absolute atomic E-state index is 13.4. The summed E-state index contributed by atoms with van der Waals surface area (Å²) >= 11 is 0. The van der Waals surface area contributed by atoms with E-state index in [-0.39, 0.29) is 13.2 Å². The van der Waals surface area contributed by atoms with Crippen LogP contribution in [0, 0.1) is 0 Å². The molecular weight excluding hydrogens is 346 g/mol. The third-order valence-electron chi connectivity index (χ3n) is 3.04. The van der Waals surface area contributed by atoms with Crippen LogP contribution in [0.4, 0.5) is 19.0 Å². The van der Waals surface area contributed by atoms with Crippen LogP contribution in [-0.4, -0.2) is 23.0 Å². The van der Waals surface area contributed by atoms with Crippen molar-refractivity contribution < 1.29 is 26.8 Å². The summed E-state index contributed by atoms with van der Waals surface area (Å²) in [5.74, 6) is -0.432. The predicted octanol–water partition coefficient (Wildman–Crippen LogP) is 3.36. The van der Waals surface area contributed by atoms with Gasteiger partial charge in [-0.15, -0.1) is 0 Å². The fourth-order valence-electron chi connectivity index (χ4n) is 2.16. The van der Waals surface area contributed by atoms with E-state index in [9.17, 15) is 17.7 Å². The third-order valence-corrected chi connectivity index (χ3v) is 5.22. The Hall–Kier alpha value is -1.83. The number of hydrogen-bond donors (Lipinski definition) is 1. The highest BCUT2D eigenvalue weighted by Crippen LogP contribution is 2.51. The van der Waals surface area contributed by atoms with Gasteiger partial charge in [-0.3, -0.25) is 4.57 Å². The molecule has 24 heavy (non-hydrogen) atoms. The molecule has 0 radical (unpaired) electrons. The van der Waals surface area contributed by atoms with Crippen molar-refractivity contribution in [2.24, 2.45) is 0 Å². The van der Waals surface area contributed by atoms with E-state index in [1.54, 1.807) is 18.2 Å². The maximum Gasteiger partial charge on any atom is 0.436 e. The van der Waals surface area contributed by atoms with Crippen LogP contribution in [-0.2, 0) is 19.8 Å². The van der Waals surface area contributed by atoms with Crippen molar-refractivity contribution in [2.75, 3.05) is 18.9 Å². The summed E-state index contributed by atoms with van der Waals surface area (Å²) in [7, 11) is -4.27. The van der Waals surface area contributed by atoms with Gasteiger partial charge < -0.3 is 14.8 Å². The minimum Gasteiger partial charge on any atom is -0.383 e. The normalized spacial score (nSPS) is 12.5. The molecular formula is C14H17F3N3O3P. The summed E-state index contributed by atoms with van der Waals surface area (Å²) in [6.45, 7) is 2.78. The quantitative estimate of drug-likeness (QED) is 0.796. The van der Waals surface area contributed by atoms with Gasteiger partial charge in [-0.1, -0.05) is 18.2 Å². The molecule has 10 heteroatoms. The molecule has 2 N–H and O–H groups in total. The fourth-order valence-corrected chi connectivity index (χ4v) is 3.97. The molecule has 0 saturated heterocycles. The van der Waals surface area contributed by atoms with Crippen molar-refractivity contribution in [3.63, 3.8) is 0 Å². The number of alkyl halides is 3. The predicted molar refractivity (Wildman–Crippen MR) is 83.5 cm³/mol. The standard InChI is InChI=1S/C14H17F3N3O3P/c1-3-22-24(21,23-4-2)11-12(14(15,16)17)19-20(13(11)18)10-8-6-5-7-9-10/h5-9H,3-4,18H2,1-2H3. The van der Waals surface area contributed by atoms with Gasteiger partial charge in [0.1, 0.15) is 11.1 Å². The number of nitrogen functional groups attached to an aromatic ring is 1. The average Bonchev–Trinajstić information content (AvgIpc) is 2.87. The van der Waals surface area contributed by atoms with Gasteiger partial charge in [-0.2, -0.15) is 18.3 Å². The van der Waals surface area contributed by atoms with Gasteiger partial charge in [0.25, 0.3) is 0 Å². The number of benzene rings is 1. The van der Waals surface area contributed by atoms with Crippen LogP contribution in [0.5, 0.6) is 0 Å². The van der Waals surface area contributed by atoms with Crippen LogP contribution in [0.25, 0.3) is 5.69 Å². The van der Waals surface area contributed by atoms with E-state index in [1.807, 2.05) is 0 Å². The molecule has 0 spiro atoms. The smallest absolute Gasteiger partial charge is 0.383 e. The minimum absolute atomic E-state index is 0.107. The average molecular weight is 363 g/mol. The molecule has 6 nitrogen and oxygen atoms in total. The van der Waals surface area contributed by atoms with Crippen molar-refractivity contribution >= 4 is 18.7 Å². The Morgan fingerprint density at radius 3 is 2.17 bits per heavy atom. The van der Waals surface area contributed by atoms with E-state index in [0.29, 0.717) is 5.69 Å². The van der Waals surface area contributed by atoms with Crippen molar-refractivity contribution in [3.8, 4) is 5.69 Å². The largest absolute Gasteiger partial charge is 0.436 e. The summed E-state index contributed by atoms with van der Waals surface area (Å²) in [6, 6.07) is 7.99. The highest BCUT2D eigenvalue weighted by Gasteiger charge is 2.47. The van der Waals surface area contributed by atoms with Crippen LogP contribution >= 0.6 is 7.60 Å². The van der Waals surface area contributed by atoms with E-state index in [2.05, 4.69) is 5.10 Å². The van der Waals surface area contributed by atoms with Crippen LogP contribution < -0.4 is 11.0 Å². The zero-order chi connectivity index (χ0) is 18.0. The first-order valence-corrected chi connectivity index (χ1v) is 8.69. The summed E-state index contributed by atoms with van der Waals surface area (Å²) in [5, 5.41) is 2.75. The van der Waals surface area contributed by atoms with Crippen molar-refractivity contribution in [3.05, 3.63) is 36.0 Å². The highest BCUT2D eigenvalue weighted by molar-refractivity contribution is 7.62. The molecule has 0 bridgehead atoms. The second-order valence-corrected chi connectivity index (χ2v) is 6.62. The van der Waals surface area contributed by atoms with Gasteiger partial charge in [-0.25, -0.2) is 4.68 Å². The van der Waals surface area contributed by atoms with Gasteiger partial charge in [0, 0.05) is 0 Å². The Labute approximate surface area is 136 Å². The van der Waals surface area contributed by atoms with E-state index < -0.39 is 30.6 Å². The van der Waals surface area contributed by atoms with Crippen LogP contribution in [0.3, 0.4) is 0 Å². The number of nitrogens with two attached hydrogens (primary N) is 1. The first-order chi connectivity index (χ1) is 11.2. The Kier molecular flexibility index (Phi) is 5.37. The zero-order valence-corrected chi connectivity index (χ0v) is 14.0. The summed E-state index contributed by atoms with van der Waals surface area (Å²) < 4.78 is 64.0. The lowest BCUT2D eigenvalue weighted by molar-refractivity contribution is -0.140. The Balaban J connectivity index is 2.74. The zero-order valence-electron chi connectivity index (χ0n) is 13.1. The number of halogens is 3. The first-order valence-electron chi connectivity index (χ1n) is 7.15. The number of nitrogens with zero attached hydrogens (tertiary/aromatic N) is 2. The molecule has 1 aromatic heterocycles. The van der Waals surface area contributed by atoms with E-state index in [1.165, 1.54) is 26.0 Å². The number of rotatable bonds is 6. The van der Waals surface area contributed by atoms with E-state index in [4.69, 9.17) is 14.8 Å². The van der Waals surface area contributed by atoms with Gasteiger partial charge in [0.05, 0.1) is 18.9 Å². The maximum atomic E-state index is 13.4. The number of aromatic nitrogens is 2. The summed E-state index contributed by atoms with van der Waals surface area (Å²) in [4.78, 5) is 0. The summed E-state index contributed by atoms with van der Waals surface area (Å²) in [6.07, 6.45) is -4.87. The van der Waals surface area contributed by atoms with Crippen LogP contribution in [0.2, 0.25) is 0 Å². The molecule has 0 atom stereocenters. The lowest BCUT2D eigenvalue weighted by Crippen LogP contribution is -2.22. The lowest BCUT2D eigenvalue weighted by Gasteiger charge is -2.18. The second-order valence-electron chi connectivity index (χ2n) is 4.66. The topological polar surface area (TPSA) is 79.4 Å². The fraction of sp³-hybridized carbons (Fsp3) is 0.357. The van der Waals surface area contributed by atoms with Gasteiger partial charge in [-0.05, 0) is 26.0 Å².